The van der Waals surface area contributed by atoms with Gasteiger partial charge in [-0.15, -0.1) is 0 Å². The summed E-state index contributed by atoms with van der Waals surface area (Å²) in [5.41, 5.74) is 6.14. The van der Waals surface area contributed by atoms with E-state index in [9.17, 15) is 65.8 Å². The summed E-state index contributed by atoms with van der Waals surface area (Å²) in [6.07, 6.45) is 4.77. The lowest BCUT2D eigenvalue weighted by Gasteiger charge is -2.47. The maximum atomic E-state index is 14.4. The van der Waals surface area contributed by atoms with Crippen LogP contribution in [-0.4, -0.2) is 215 Å². The first-order valence-corrected chi connectivity index (χ1v) is 25.7. The van der Waals surface area contributed by atoms with Crippen LogP contribution in [0.3, 0.4) is 0 Å². The summed E-state index contributed by atoms with van der Waals surface area (Å²) in [5.74, 6) is -5.52. The van der Waals surface area contributed by atoms with E-state index in [4.69, 9.17) is 24.7 Å². The molecule has 0 aliphatic carbocycles. The van der Waals surface area contributed by atoms with Crippen molar-refractivity contribution in [3.63, 3.8) is 0 Å². The molecule has 0 unspecified atom stereocenters. The summed E-state index contributed by atoms with van der Waals surface area (Å²) in [6, 6.07) is -1.14. The van der Waals surface area contributed by atoms with E-state index in [-0.39, 0.29) is 57.7 Å². The Hall–Kier alpha value is -3.52. The van der Waals surface area contributed by atoms with E-state index in [0.717, 1.165) is 0 Å². The highest BCUT2D eigenvalue weighted by atomic mass is 16.7. The van der Waals surface area contributed by atoms with Gasteiger partial charge in [0.1, 0.15) is 12.2 Å². The van der Waals surface area contributed by atoms with Crippen molar-refractivity contribution >= 4 is 11.9 Å². The molecule has 20 heteroatoms. The zero-order chi connectivity index (χ0) is 53.8. The van der Waals surface area contributed by atoms with Crippen LogP contribution in [0, 0.1) is 17.8 Å². The van der Waals surface area contributed by atoms with Crippen LogP contribution in [0.15, 0.2) is 85.1 Å². The highest BCUT2D eigenvalue weighted by Crippen LogP contribution is 2.39. The van der Waals surface area contributed by atoms with E-state index >= 15 is 0 Å². The lowest BCUT2D eigenvalue weighted by Crippen LogP contribution is -2.62. The molecule has 3 fully saturated rings. The second-order valence-electron chi connectivity index (χ2n) is 20.1. The molecule has 4 aliphatic heterocycles. The van der Waals surface area contributed by atoms with Gasteiger partial charge in [0.05, 0.1) is 92.1 Å². The van der Waals surface area contributed by atoms with Crippen LogP contribution in [0.5, 0.6) is 0 Å². The maximum Gasteiger partial charge on any atom is 0.308 e. The molecule has 0 aromatic carbocycles. The van der Waals surface area contributed by atoms with Crippen LogP contribution < -0.4 is 5.73 Å². The number of cyclic esters (lactones) is 1. The summed E-state index contributed by atoms with van der Waals surface area (Å²) in [5, 5.41) is 120. The van der Waals surface area contributed by atoms with Crippen LogP contribution in [0.2, 0.25) is 0 Å². The number of carbonyl (C=O) groups is 2. The Morgan fingerprint density at radius 2 is 1.25 bits per heavy atom. The first-order chi connectivity index (χ1) is 34.6. The molecular weight excluding hydrogens is 951 g/mol. The lowest BCUT2D eigenvalue weighted by atomic mass is 9.81. The molecule has 0 aromatic heterocycles. The molecular formula is C53H85N3O17. The molecule has 20 nitrogen and oxygen atoms in total. The predicted octanol–water partition coefficient (Wildman–Crippen LogP) is -0.236. The summed E-state index contributed by atoms with van der Waals surface area (Å²) in [4.78, 5) is 30.7. The summed E-state index contributed by atoms with van der Waals surface area (Å²) in [7, 11) is 0. The molecule has 19 atom stereocenters. The number of ether oxygens (including phenoxy) is 4. The number of β-amino-alcohol motifs (C(OH)–C–C–N with tert-alkyl or cyclic N) is 1. The highest BCUT2D eigenvalue weighted by Gasteiger charge is 2.52. The minimum absolute atomic E-state index is 0.0555. The van der Waals surface area contributed by atoms with E-state index in [1.165, 1.54) is 0 Å². The van der Waals surface area contributed by atoms with Crippen molar-refractivity contribution in [2.45, 2.75) is 177 Å². The van der Waals surface area contributed by atoms with E-state index in [0.29, 0.717) is 19.6 Å². The second-order valence-corrected chi connectivity index (χ2v) is 20.1. The number of allylic oxidation sites excluding steroid dienone is 12. The smallest absolute Gasteiger partial charge is 0.308 e. The predicted molar refractivity (Wildman–Crippen MR) is 269 cm³/mol. The van der Waals surface area contributed by atoms with Crippen LogP contribution in [0.25, 0.3) is 0 Å². The first kappa shape index (κ1) is 62.0. The molecule has 4 heterocycles. The maximum absolute atomic E-state index is 14.4. The molecule has 0 saturated carbocycles. The second kappa shape index (κ2) is 30.9. The average molecular weight is 1040 g/mol. The van der Waals surface area contributed by atoms with Gasteiger partial charge in [-0.3, -0.25) is 14.5 Å². The largest absolute Gasteiger partial charge is 0.462 e. The molecule has 73 heavy (non-hydrogen) atoms. The van der Waals surface area contributed by atoms with Gasteiger partial charge in [-0.1, -0.05) is 98.9 Å². The van der Waals surface area contributed by atoms with Crippen molar-refractivity contribution in [3.05, 3.63) is 85.1 Å². The van der Waals surface area contributed by atoms with E-state index in [2.05, 4.69) is 0 Å². The van der Waals surface area contributed by atoms with Gasteiger partial charge in [-0.25, -0.2) is 0 Å². The summed E-state index contributed by atoms with van der Waals surface area (Å²) < 4.78 is 23.9. The van der Waals surface area contributed by atoms with Gasteiger partial charge in [-0.2, -0.15) is 0 Å². The minimum Gasteiger partial charge on any atom is -0.462 e. The fourth-order valence-electron chi connectivity index (χ4n) is 9.50. The van der Waals surface area contributed by atoms with Crippen LogP contribution in [0.1, 0.15) is 79.1 Å². The Bertz CT molecular complexity index is 1870. The molecule has 0 radical (unpaired) electrons. The Labute approximate surface area is 429 Å². The Morgan fingerprint density at radius 3 is 1.85 bits per heavy atom. The van der Waals surface area contributed by atoms with Crippen molar-refractivity contribution in [2.24, 2.45) is 23.5 Å². The third-order valence-corrected chi connectivity index (χ3v) is 14.1. The number of aliphatic hydroxyl groups excluding tert-OH is 10. The average Bonchev–Trinajstić information content (AvgIpc) is 3.32. The SMILES string of the molecule is C[C@@H]1[C@H](O)[C@@H](C)/C=C/C=C/C=C/C=C/C=C/C=C/C=C/[C@H](O[C@H]2O[C@@H](C)[C@H](O)[C@@H](N)[C@H]2O)C[C@@H]2O[C@](O)(C[C@@H](O)[C@H](O)CC[C@@H](O)C[C@@H](O)C[C@@H](O)CC(=O)O[C@H]1C)C[C@H](O)[C@H]2C(=O)N1CCN(CCO)CC1. The molecule has 1 amide bonds. The normalized spacial score (nSPS) is 43.4. The molecule has 414 valence electrons. The van der Waals surface area contributed by atoms with Crippen molar-refractivity contribution in [1.82, 2.24) is 9.80 Å². The third-order valence-electron chi connectivity index (χ3n) is 14.1. The van der Waals surface area contributed by atoms with Gasteiger partial charge in [0.25, 0.3) is 0 Å². The standard InChI is InChI=1S/C53H85N3O17/c1-33-17-15-13-11-9-7-5-6-8-10-12-14-16-18-40(72-52-50(67)47(54)49(66)36(4)71-52)30-44-46(51(68)56-23-21-55(22-24-56)25-26-57)43(63)32-53(69,73-44)31-42(62)41(61)20-19-37(58)27-38(59)28-39(60)29-45(64)70-35(3)34(2)48(33)65/h5-18,33-44,46-50,52,57-63,65-67,69H,19-32,54H2,1-4H3/b6-5+,9-7+,10-8+,13-11+,14-12+,17-15+,18-16+/t33-,34-,35-,36-,37+,38+,39+,40-,41+,42+,43-,44-,46+,47+,48+,49-,50+,52+,53+/m0/s1. The van der Waals surface area contributed by atoms with E-state index in [1.807, 2.05) is 54.4 Å². The highest BCUT2D eigenvalue weighted by molar-refractivity contribution is 5.80. The minimum atomic E-state index is -2.31. The molecule has 0 spiro atoms. The van der Waals surface area contributed by atoms with Gasteiger partial charge >= 0.3 is 5.97 Å². The number of rotatable bonds is 5. The molecule has 2 bridgehead atoms. The Morgan fingerprint density at radius 1 is 0.685 bits per heavy atom. The number of piperazine rings is 1. The van der Waals surface area contributed by atoms with E-state index in [1.54, 1.807) is 68.2 Å². The zero-order valence-corrected chi connectivity index (χ0v) is 42.7. The van der Waals surface area contributed by atoms with Crippen LogP contribution in [-0.2, 0) is 28.5 Å². The third kappa shape index (κ3) is 20.2. The topological polar surface area (TPSA) is 326 Å². The number of nitrogens with zero attached hydrogens (tertiary/aromatic N) is 2. The van der Waals surface area contributed by atoms with Crippen molar-refractivity contribution in [3.8, 4) is 0 Å². The number of fused-ring (bicyclic) bond motifs is 2. The summed E-state index contributed by atoms with van der Waals surface area (Å²) in [6.45, 7) is 8.66. The Kier molecular flexibility index (Phi) is 26.2. The van der Waals surface area contributed by atoms with Crippen molar-refractivity contribution < 1.29 is 84.7 Å². The van der Waals surface area contributed by atoms with Crippen LogP contribution >= 0.6 is 0 Å². The quantitative estimate of drug-likeness (QED) is 0.158. The number of amides is 1. The van der Waals surface area contributed by atoms with Crippen molar-refractivity contribution in [1.29, 1.82) is 0 Å². The number of esters is 1. The first-order valence-electron chi connectivity index (χ1n) is 25.7. The van der Waals surface area contributed by atoms with E-state index < -0.39 is 140 Å². The monoisotopic (exact) mass is 1040 g/mol. The molecule has 0 aromatic rings. The summed E-state index contributed by atoms with van der Waals surface area (Å²) >= 11 is 0. The number of nitrogens with two attached hydrogens (primary N) is 1. The van der Waals surface area contributed by atoms with Gasteiger partial charge in [-0.05, 0) is 39.5 Å². The number of hydrogen-bond donors (Lipinski definition) is 12. The number of carbonyl (C=O) groups excluding carboxylic acids is 2. The fourth-order valence-corrected chi connectivity index (χ4v) is 9.50. The molecule has 13 N–H and O–H groups in total. The molecule has 4 aliphatic rings. The van der Waals surface area contributed by atoms with Crippen LogP contribution in [0.4, 0.5) is 0 Å². The van der Waals surface area contributed by atoms with Gasteiger partial charge < -0.3 is 85.8 Å². The lowest BCUT2D eigenvalue weighted by molar-refractivity contribution is -0.309. The van der Waals surface area contributed by atoms with Gasteiger partial charge in [0.15, 0.2) is 12.1 Å². The van der Waals surface area contributed by atoms with Crippen molar-refractivity contribution in [2.75, 3.05) is 39.3 Å². The zero-order valence-electron chi connectivity index (χ0n) is 42.7. The number of hydrogen-bond acceptors (Lipinski definition) is 19. The molecule has 4 rings (SSSR count). The Balaban J connectivity index is 1.62. The van der Waals surface area contributed by atoms with Gasteiger partial charge in [0, 0.05) is 63.8 Å². The number of aliphatic hydroxyl groups is 11. The van der Waals surface area contributed by atoms with Gasteiger partial charge in [0.2, 0.25) is 5.91 Å². The molecule has 3 saturated heterocycles. The fraction of sp³-hybridized carbons (Fsp3) is 0.698.